The van der Waals surface area contributed by atoms with Gasteiger partial charge in [-0.05, 0) is 49.5 Å². The summed E-state index contributed by atoms with van der Waals surface area (Å²) < 4.78 is 0. The third-order valence-corrected chi connectivity index (χ3v) is 5.16. The van der Waals surface area contributed by atoms with Crippen LogP contribution in [0.1, 0.15) is 35.9 Å². The maximum atomic E-state index is 12.4. The van der Waals surface area contributed by atoms with Gasteiger partial charge in [0.2, 0.25) is 0 Å². The average Bonchev–Trinajstić information content (AvgIpc) is 3.09. The summed E-state index contributed by atoms with van der Waals surface area (Å²) in [6.45, 7) is 4.79. The Balaban J connectivity index is 2.03. The van der Waals surface area contributed by atoms with E-state index in [-0.39, 0.29) is 12.1 Å². The Morgan fingerprint density at radius 1 is 1.12 bits per heavy atom. The van der Waals surface area contributed by atoms with Crippen LogP contribution in [-0.2, 0) is 12.8 Å². The molecule has 2 amide bonds. The zero-order valence-corrected chi connectivity index (χ0v) is 15.7. The number of benzene rings is 1. The number of aryl methyl sites for hydroxylation is 2. The summed E-state index contributed by atoms with van der Waals surface area (Å²) in [5.74, 6) is 0. The Morgan fingerprint density at radius 2 is 1.79 bits per heavy atom. The van der Waals surface area contributed by atoms with Gasteiger partial charge in [-0.2, -0.15) is 0 Å². The van der Waals surface area contributed by atoms with Crippen molar-refractivity contribution in [3.05, 3.63) is 51.7 Å². The van der Waals surface area contributed by atoms with Gasteiger partial charge in [0.1, 0.15) is 0 Å². The summed E-state index contributed by atoms with van der Waals surface area (Å²) in [5, 5.41) is 8.14. The highest BCUT2D eigenvalue weighted by atomic mass is 32.1. The van der Waals surface area contributed by atoms with Crippen LogP contribution >= 0.6 is 11.3 Å². The van der Waals surface area contributed by atoms with Gasteiger partial charge in [0.25, 0.3) is 0 Å². The van der Waals surface area contributed by atoms with E-state index in [1.807, 2.05) is 20.2 Å². The van der Waals surface area contributed by atoms with Crippen LogP contribution in [-0.4, -0.2) is 31.6 Å². The van der Waals surface area contributed by atoms with E-state index in [9.17, 15) is 4.79 Å². The first-order valence-electron chi connectivity index (χ1n) is 8.42. The third-order valence-electron chi connectivity index (χ3n) is 4.19. The highest BCUT2D eigenvalue weighted by Gasteiger charge is 2.17. The summed E-state index contributed by atoms with van der Waals surface area (Å²) in [6.07, 6.45) is 1.80. The van der Waals surface area contributed by atoms with Gasteiger partial charge in [0.15, 0.2) is 0 Å². The molecule has 2 rings (SSSR count). The number of carbonyl (C=O) groups excluding carboxylic acids is 1. The number of hydrogen-bond donors (Lipinski definition) is 2. The van der Waals surface area contributed by atoms with E-state index < -0.39 is 0 Å². The average molecular weight is 346 g/mol. The number of thiophene rings is 1. The van der Waals surface area contributed by atoms with Gasteiger partial charge >= 0.3 is 6.03 Å². The molecule has 0 saturated heterocycles. The third kappa shape index (κ3) is 4.58. The molecule has 0 aliphatic heterocycles. The fourth-order valence-corrected chi connectivity index (χ4v) is 3.69. The molecule has 0 spiro atoms. The number of urea groups is 1. The highest BCUT2D eigenvalue weighted by Crippen LogP contribution is 2.24. The first-order valence-corrected chi connectivity index (χ1v) is 9.30. The molecule has 4 nitrogen and oxygen atoms in total. The summed E-state index contributed by atoms with van der Waals surface area (Å²) >= 11 is 1.71. The molecular weight excluding hydrogens is 318 g/mol. The van der Waals surface area contributed by atoms with Crippen LogP contribution in [0.4, 0.5) is 10.5 Å². The molecular formula is C19H27N3OS. The monoisotopic (exact) mass is 345 g/mol. The minimum absolute atomic E-state index is 0.144. The van der Waals surface area contributed by atoms with Crippen molar-refractivity contribution in [2.75, 3.05) is 26.0 Å². The molecule has 0 aliphatic rings. The van der Waals surface area contributed by atoms with Crippen LogP contribution in [0.15, 0.2) is 35.7 Å². The SMILES string of the molecule is CCc1cccc(CC)c1NC(=O)NCC(c1cccs1)N(C)C. The highest BCUT2D eigenvalue weighted by molar-refractivity contribution is 7.10. The van der Waals surface area contributed by atoms with Crippen molar-refractivity contribution in [3.8, 4) is 0 Å². The molecule has 0 radical (unpaired) electrons. The molecule has 1 unspecified atom stereocenters. The van der Waals surface area contributed by atoms with E-state index in [0.717, 1.165) is 18.5 Å². The summed E-state index contributed by atoms with van der Waals surface area (Å²) in [7, 11) is 4.07. The van der Waals surface area contributed by atoms with Crippen LogP contribution in [0, 0.1) is 0 Å². The molecule has 1 aromatic carbocycles. The van der Waals surface area contributed by atoms with Crippen molar-refractivity contribution in [2.24, 2.45) is 0 Å². The molecule has 0 aliphatic carbocycles. The number of carbonyl (C=O) groups is 1. The fraction of sp³-hybridized carbons (Fsp3) is 0.421. The Morgan fingerprint density at radius 3 is 2.29 bits per heavy atom. The molecule has 130 valence electrons. The number of para-hydroxylation sites is 1. The standard InChI is InChI=1S/C19H27N3OS/c1-5-14-9-7-10-15(6-2)18(14)21-19(23)20-13-16(22(3)4)17-11-8-12-24-17/h7-12,16H,5-6,13H2,1-4H3,(H2,20,21,23). The van der Waals surface area contributed by atoms with Gasteiger partial charge in [0.05, 0.1) is 6.04 Å². The molecule has 24 heavy (non-hydrogen) atoms. The van der Waals surface area contributed by atoms with E-state index >= 15 is 0 Å². The molecule has 5 heteroatoms. The number of anilines is 1. The second-order valence-electron chi connectivity index (χ2n) is 5.99. The summed E-state index contributed by atoms with van der Waals surface area (Å²) in [5.41, 5.74) is 3.30. The van der Waals surface area contributed by atoms with Crippen LogP contribution in [0.3, 0.4) is 0 Å². The predicted octanol–water partition coefficient (Wildman–Crippen LogP) is 4.30. The van der Waals surface area contributed by atoms with Crippen molar-refractivity contribution in [1.29, 1.82) is 0 Å². The van der Waals surface area contributed by atoms with Gasteiger partial charge in [-0.15, -0.1) is 11.3 Å². The second-order valence-corrected chi connectivity index (χ2v) is 6.97. The molecule has 1 aromatic heterocycles. The van der Waals surface area contributed by atoms with Gasteiger partial charge in [-0.1, -0.05) is 38.1 Å². The Hall–Kier alpha value is -1.85. The number of hydrogen-bond acceptors (Lipinski definition) is 3. The Kier molecular flexibility index (Phi) is 6.82. The van der Waals surface area contributed by atoms with E-state index in [4.69, 9.17) is 0 Å². The zero-order chi connectivity index (χ0) is 17.5. The first kappa shape index (κ1) is 18.5. The normalized spacial score (nSPS) is 12.2. The quantitative estimate of drug-likeness (QED) is 0.786. The van der Waals surface area contributed by atoms with Crippen molar-refractivity contribution >= 4 is 23.1 Å². The molecule has 0 bridgehead atoms. The number of rotatable bonds is 7. The molecule has 0 saturated carbocycles. The molecule has 1 heterocycles. The van der Waals surface area contributed by atoms with E-state index in [1.54, 1.807) is 11.3 Å². The largest absolute Gasteiger partial charge is 0.336 e. The van der Waals surface area contributed by atoms with Crippen LogP contribution in [0.25, 0.3) is 0 Å². The first-order chi connectivity index (χ1) is 11.6. The zero-order valence-electron chi connectivity index (χ0n) is 14.9. The number of nitrogens with zero attached hydrogens (tertiary/aromatic N) is 1. The Labute approximate surface area is 148 Å². The lowest BCUT2D eigenvalue weighted by Crippen LogP contribution is -2.36. The minimum Gasteiger partial charge on any atom is -0.336 e. The van der Waals surface area contributed by atoms with Gasteiger partial charge in [0, 0.05) is 17.1 Å². The number of nitrogens with one attached hydrogen (secondary N) is 2. The minimum atomic E-state index is -0.144. The van der Waals surface area contributed by atoms with Gasteiger partial charge in [-0.3, -0.25) is 0 Å². The topological polar surface area (TPSA) is 44.4 Å². The van der Waals surface area contributed by atoms with Crippen LogP contribution in [0.5, 0.6) is 0 Å². The second kappa shape index (κ2) is 8.85. The van der Waals surface area contributed by atoms with Crippen LogP contribution in [0.2, 0.25) is 0 Å². The summed E-state index contributed by atoms with van der Waals surface area (Å²) in [6, 6.07) is 10.4. The van der Waals surface area contributed by atoms with E-state index in [1.165, 1.54) is 16.0 Å². The van der Waals surface area contributed by atoms with Crippen molar-refractivity contribution in [2.45, 2.75) is 32.7 Å². The molecule has 2 N–H and O–H groups in total. The van der Waals surface area contributed by atoms with Gasteiger partial charge in [-0.25, -0.2) is 4.79 Å². The fourth-order valence-electron chi connectivity index (χ4n) is 2.77. The molecule has 1 atom stereocenters. The van der Waals surface area contributed by atoms with Crippen molar-refractivity contribution < 1.29 is 4.79 Å². The maximum Gasteiger partial charge on any atom is 0.319 e. The lowest BCUT2D eigenvalue weighted by atomic mass is 10.0. The lowest BCUT2D eigenvalue weighted by molar-refractivity contribution is 0.244. The van der Waals surface area contributed by atoms with Crippen LogP contribution < -0.4 is 10.6 Å². The Bertz CT molecular complexity index is 630. The summed E-state index contributed by atoms with van der Waals surface area (Å²) in [4.78, 5) is 15.8. The van der Waals surface area contributed by atoms with E-state index in [2.05, 4.69) is 59.0 Å². The number of likely N-dealkylation sites (N-methyl/N-ethyl adjacent to an activating group) is 1. The lowest BCUT2D eigenvalue weighted by Gasteiger charge is -2.24. The van der Waals surface area contributed by atoms with Gasteiger partial charge < -0.3 is 15.5 Å². The predicted molar refractivity (Wildman–Crippen MR) is 103 cm³/mol. The number of amides is 2. The van der Waals surface area contributed by atoms with Crippen molar-refractivity contribution in [3.63, 3.8) is 0 Å². The molecule has 2 aromatic rings. The maximum absolute atomic E-state index is 12.4. The molecule has 0 fully saturated rings. The van der Waals surface area contributed by atoms with Crippen molar-refractivity contribution in [1.82, 2.24) is 10.2 Å². The van der Waals surface area contributed by atoms with E-state index in [0.29, 0.717) is 6.54 Å². The smallest absolute Gasteiger partial charge is 0.319 e.